The second-order valence-electron chi connectivity index (χ2n) is 6.93. The van der Waals surface area contributed by atoms with Crippen LogP contribution in [0.5, 0.6) is 11.5 Å². The number of para-hydroxylation sites is 1. The third-order valence-electron chi connectivity index (χ3n) is 4.59. The number of nitro benzene ring substituents is 1. The Bertz CT molecular complexity index is 1250. The van der Waals surface area contributed by atoms with Crippen molar-refractivity contribution in [2.75, 3.05) is 18.5 Å². The van der Waals surface area contributed by atoms with Gasteiger partial charge in [0.1, 0.15) is 0 Å². The van der Waals surface area contributed by atoms with Gasteiger partial charge in [-0.2, -0.15) is 5.26 Å². The number of amides is 1. The number of ether oxygens (including phenoxy) is 2. The molecule has 0 unspecified atom stereocenters. The molecular weight excluding hydrogens is 502 g/mol. The molecule has 0 aromatic heterocycles. The molecule has 3 rings (SSSR count). The molecule has 0 saturated heterocycles. The summed E-state index contributed by atoms with van der Waals surface area (Å²) >= 11 is 3.47. The molecular formula is C25H20BrN3O5. The fraction of sp³-hybridized carbons (Fsp3) is 0.120. The first-order valence-corrected chi connectivity index (χ1v) is 11.0. The first-order valence-electron chi connectivity index (χ1n) is 10.2. The third kappa shape index (κ3) is 6.43. The molecule has 0 atom stereocenters. The molecule has 0 aliphatic heterocycles. The second-order valence-corrected chi connectivity index (χ2v) is 7.78. The van der Waals surface area contributed by atoms with Gasteiger partial charge in [0.25, 0.3) is 11.6 Å². The number of nitriles is 1. The highest BCUT2D eigenvalue weighted by Gasteiger charge is 2.14. The molecule has 1 amide bonds. The van der Waals surface area contributed by atoms with E-state index in [0.29, 0.717) is 45.0 Å². The van der Waals surface area contributed by atoms with E-state index in [9.17, 15) is 20.2 Å². The molecule has 34 heavy (non-hydrogen) atoms. The number of nitrogens with one attached hydrogen (secondary N) is 1. The lowest BCUT2D eigenvalue weighted by atomic mass is 10.0. The van der Waals surface area contributed by atoms with E-state index in [1.807, 2.05) is 25.1 Å². The molecule has 0 heterocycles. The number of carbonyl (C=O) groups excluding carboxylic acids is 1. The Morgan fingerprint density at radius 3 is 2.41 bits per heavy atom. The van der Waals surface area contributed by atoms with Crippen molar-refractivity contribution in [2.24, 2.45) is 0 Å². The largest absolute Gasteiger partial charge is 0.490 e. The summed E-state index contributed by atoms with van der Waals surface area (Å²) < 4.78 is 12.0. The van der Waals surface area contributed by atoms with E-state index in [1.54, 1.807) is 30.3 Å². The number of anilines is 1. The molecule has 3 aromatic carbocycles. The topological polar surface area (TPSA) is 114 Å². The summed E-state index contributed by atoms with van der Waals surface area (Å²) in [5.41, 5.74) is 2.10. The second kappa shape index (κ2) is 11.6. The van der Waals surface area contributed by atoms with Crippen LogP contribution in [0.3, 0.4) is 0 Å². The molecule has 9 heteroatoms. The number of nitrogens with zero attached hydrogens (tertiary/aromatic N) is 2. The van der Waals surface area contributed by atoms with Crippen LogP contribution in [0, 0.1) is 21.4 Å². The SMILES string of the molecule is CCOc1cc(/C=C(/C#N)c2ccc([N+](=O)[O-])cc2)c(Br)cc1OCC(=O)Nc1ccccc1. The van der Waals surface area contributed by atoms with Gasteiger partial charge in [0.05, 0.1) is 23.2 Å². The Hall–Kier alpha value is -4.16. The molecule has 0 aliphatic carbocycles. The van der Waals surface area contributed by atoms with Crippen LogP contribution in [-0.4, -0.2) is 24.0 Å². The summed E-state index contributed by atoms with van der Waals surface area (Å²) in [5.74, 6) is 0.451. The molecule has 0 fully saturated rings. The minimum atomic E-state index is -0.497. The number of rotatable bonds is 9. The fourth-order valence-corrected chi connectivity index (χ4v) is 3.44. The average Bonchev–Trinajstić information content (AvgIpc) is 2.84. The minimum Gasteiger partial charge on any atom is -0.490 e. The monoisotopic (exact) mass is 521 g/mol. The number of non-ortho nitro benzene ring substituents is 1. The Balaban J connectivity index is 1.82. The van der Waals surface area contributed by atoms with Gasteiger partial charge in [-0.15, -0.1) is 0 Å². The number of halogens is 1. The van der Waals surface area contributed by atoms with Crippen LogP contribution in [-0.2, 0) is 4.79 Å². The van der Waals surface area contributed by atoms with Crippen molar-refractivity contribution < 1.29 is 19.2 Å². The van der Waals surface area contributed by atoms with Crippen LogP contribution in [0.15, 0.2) is 71.2 Å². The zero-order chi connectivity index (χ0) is 24.5. The van der Waals surface area contributed by atoms with Crippen molar-refractivity contribution >= 4 is 44.9 Å². The lowest BCUT2D eigenvalue weighted by Gasteiger charge is -2.14. The number of hydrogen-bond donors (Lipinski definition) is 1. The van der Waals surface area contributed by atoms with Gasteiger partial charge in [-0.3, -0.25) is 14.9 Å². The van der Waals surface area contributed by atoms with Gasteiger partial charge in [-0.25, -0.2) is 0 Å². The number of carbonyl (C=O) groups is 1. The van der Waals surface area contributed by atoms with Gasteiger partial charge in [-0.1, -0.05) is 34.1 Å². The van der Waals surface area contributed by atoms with E-state index >= 15 is 0 Å². The Morgan fingerprint density at radius 1 is 1.12 bits per heavy atom. The fourth-order valence-electron chi connectivity index (χ4n) is 3.00. The number of hydrogen-bond acceptors (Lipinski definition) is 6. The van der Waals surface area contributed by atoms with Gasteiger partial charge in [-0.05, 0) is 60.5 Å². The first-order chi connectivity index (χ1) is 16.4. The van der Waals surface area contributed by atoms with E-state index < -0.39 is 4.92 Å². The molecule has 0 bridgehead atoms. The van der Waals surface area contributed by atoms with Gasteiger partial charge >= 0.3 is 0 Å². The molecule has 8 nitrogen and oxygen atoms in total. The highest BCUT2D eigenvalue weighted by atomic mass is 79.9. The van der Waals surface area contributed by atoms with Crippen LogP contribution in [0.25, 0.3) is 11.6 Å². The van der Waals surface area contributed by atoms with Crippen LogP contribution >= 0.6 is 15.9 Å². The van der Waals surface area contributed by atoms with Crippen molar-refractivity contribution in [3.63, 3.8) is 0 Å². The quantitative estimate of drug-likeness (QED) is 0.164. The Labute approximate surface area is 204 Å². The summed E-state index contributed by atoms with van der Waals surface area (Å²) in [4.78, 5) is 22.6. The maximum atomic E-state index is 12.2. The molecule has 1 N–H and O–H groups in total. The normalized spacial score (nSPS) is 10.8. The van der Waals surface area contributed by atoms with E-state index in [-0.39, 0.29) is 18.2 Å². The third-order valence-corrected chi connectivity index (χ3v) is 5.28. The Kier molecular flexibility index (Phi) is 8.37. The minimum absolute atomic E-state index is 0.0568. The lowest BCUT2D eigenvalue weighted by Crippen LogP contribution is -2.20. The first kappa shape index (κ1) is 24.5. The smallest absolute Gasteiger partial charge is 0.269 e. The van der Waals surface area contributed by atoms with Crippen LogP contribution in [0.4, 0.5) is 11.4 Å². The van der Waals surface area contributed by atoms with E-state index in [4.69, 9.17) is 9.47 Å². The van der Waals surface area contributed by atoms with Crippen LogP contribution < -0.4 is 14.8 Å². The van der Waals surface area contributed by atoms with Crippen molar-refractivity contribution in [2.45, 2.75) is 6.92 Å². The molecule has 0 saturated carbocycles. The lowest BCUT2D eigenvalue weighted by molar-refractivity contribution is -0.384. The predicted molar refractivity (Wildman–Crippen MR) is 132 cm³/mol. The van der Waals surface area contributed by atoms with Crippen LogP contribution in [0.2, 0.25) is 0 Å². The standard InChI is InChI=1S/C25H20BrN3O5/c1-2-33-23-13-18(12-19(15-27)17-8-10-21(11-9-17)29(31)32)22(26)14-24(23)34-16-25(30)28-20-6-4-3-5-7-20/h3-14H,2,16H2,1H3,(H,28,30)/b19-12-. The predicted octanol–water partition coefficient (Wildman–Crippen LogP) is 5.84. The van der Waals surface area contributed by atoms with Crippen molar-refractivity contribution in [3.8, 4) is 17.6 Å². The van der Waals surface area contributed by atoms with E-state index in [1.165, 1.54) is 24.3 Å². The van der Waals surface area contributed by atoms with Gasteiger partial charge in [0.15, 0.2) is 18.1 Å². The summed E-state index contributed by atoms with van der Waals surface area (Å²) in [7, 11) is 0. The maximum absolute atomic E-state index is 12.2. The van der Waals surface area contributed by atoms with E-state index in [0.717, 1.165) is 0 Å². The van der Waals surface area contributed by atoms with Gasteiger partial charge in [0.2, 0.25) is 0 Å². The molecule has 3 aromatic rings. The highest BCUT2D eigenvalue weighted by molar-refractivity contribution is 9.10. The van der Waals surface area contributed by atoms with Gasteiger partial charge in [0, 0.05) is 22.3 Å². The number of nitro groups is 1. The maximum Gasteiger partial charge on any atom is 0.269 e. The summed E-state index contributed by atoms with van der Waals surface area (Å²) in [6.45, 7) is 1.97. The molecule has 0 spiro atoms. The van der Waals surface area contributed by atoms with Crippen LogP contribution in [0.1, 0.15) is 18.1 Å². The summed E-state index contributed by atoms with van der Waals surface area (Å²) in [6, 6.07) is 20.3. The Morgan fingerprint density at radius 2 is 1.79 bits per heavy atom. The highest BCUT2D eigenvalue weighted by Crippen LogP contribution is 2.36. The number of benzene rings is 3. The number of allylic oxidation sites excluding steroid dienone is 1. The zero-order valence-corrected chi connectivity index (χ0v) is 19.7. The molecule has 0 aliphatic rings. The average molecular weight is 522 g/mol. The van der Waals surface area contributed by atoms with E-state index in [2.05, 4.69) is 27.3 Å². The summed E-state index contributed by atoms with van der Waals surface area (Å²) in [6.07, 6.45) is 1.64. The molecule has 0 radical (unpaired) electrons. The zero-order valence-electron chi connectivity index (χ0n) is 18.2. The van der Waals surface area contributed by atoms with Crippen molar-refractivity contribution in [3.05, 3.63) is 92.4 Å². The molecule has 172 valence electrons. The van der Waals surface area contributed by atoms with Crippen molar-refractivity contribution in [1.29, 1.82) is 5.26 Å². The van der Waals surface area contributed by atoms with Crippen molar-refractivity contribution in [1.82, 2.24) is 0 Å². The summed E-state index contributed by atoms with van der Waals surface area (Å²) in [5, 5.41) is 23.3. The van der Waals surface area contributed by atoms with Gasteiger partial charge < -0.3 is 14.8 Å².